The lowest BCUT2D eigenvalue weighted by molar-refractivity contribution is 0.342. The van der Waals surface area contributed by atoms with Gasteiger partial charge in [-0.2, -0.15) is 5.10 Å². The molecule has 0 radical (unpaired) electrons. The molecule has 3 heterocycles. The second-order valence-corrected chi connectivity index (χ2v) is 5.26. The summed E-state index contributed by atoms with van der Waals surface area (Å²) in [6.45, 7) is 3.81. The molecule has 1 aliphatic heterocycles. The second kappa shape index (κ2) is 5.46. The first-order chi connectivity index (χ1) is 9.65. The summed E-state index contributed by atoms with van der Waals surface area (Å²) in [7, 11) is 0. The number of nitrogens with zero attached hydrogens (tertiary/aromatic N) is 4. The molecule has 1 fully saturated rings. The predicted molar refractivity (Wildman–Crippen MR) is 74.1 cm³/mol. The van der Waals surface area contributed by atoms with Gasteiger partial charge in [-0.3, -0.25) is 4.68 Å². The molecule has 0 unspecified atom stereocenters. The Morgan fingerprint density at radius 1 is 1.40 bits per heavy atom. The molecule has 20 heavy (non-hydrogen) atoms. The van der Waals surface area contributed by atoms with Crippen molar-refractivity contribution in [3.63, 3.8) is 0 Å². The number of rotatable bonds is 2. The summed E-state index contributed by atoms with van der Waals surface area (Å²) in [5.41, 5.74) is 1.63. The summed E-state index contributed by atoms with van der Waals surface area (Å²) in [5.74, 6) is -0.484. The molecule has 0 bridgehead atoms. The van der Waals surface area contributed by atoms with Crippen LogP contribution in [-0.2, 0) is 0 Å². The van der Waals surface area contributed by atoms with Gasteiger partial charge >= 0.3 is 0 Å². The van der Waals surface area contributed by atoms with E-state index in [-0.39, 0.29) is 11.0 Å². The number of halogens is 2. The number of nitrogens with one attached hydrogen (secondary N) is 1. The average Bonchev–Trinajstić information content (AvgIpc) is 2.84. The van der Waals surface area contributed by atoms with Crippen molar-refractivity contribution >= 4 is 11.6 Å². The van der Waals surface area contributed by atoms with Gasteiger partial charge in [0, 0.05) is 11.8 Å². The summed E-state index contributed by atoms with van der Waals surface area (Å²) in [6.07, 6.45) is 4.99. The molecule has 1 N–H and O–H groups in total. The molecular formula is C13H15ClFN5. The molecular weight excluding hydrogens is 281 g/mol. The Balaban J connectivity index is 1.98. The van der Waals surface area contributed by atoms with E-state index in [1.807, 2.05) is 17.8 Å². The minimum Gasteiger partial charge on any atom is -0.317 e. The Kier molecular flexibility index (Phi) is 3.67. The van der Waals surface area contributed by atoms with E-state index in [0.29, 0.717) is 11.6 Å². The van der Waals surface area contributed by atoms with Crippen LogP contribution >= 0.6 is 11.6 Å². The van der Waals surface area contributed by atoms with Crippen LogP contribution in [0.2, 0.25) is 5.28 Å². The van der Waals surface area contributed by atoms with Crippen molar-refractivity contribution in [2.45, 2.75) is 25.8 Å². The summed E-state index contributed by atoms with van der Waals surface area (Å²) in [6, 6.07) is 0.351. The van der Waals surface area contributed by atoms with E-state index < -0.39 is 5.82 Å². The van der Waals surface area contributed by atoms with Crippen LogP contribution < -0.4 is 5.32 Å². The number of hydrogen-bond donors (Lipinski definition) is 1. The van der Waals surface area contributed by atoms with Crippen LogP contribution in [0.5, 0.6) is 0 Å². The third-order valence-electron chi connectivity index (χ3n) is 3.57. The fourth-order valence-electron chi connectivity index (χ4n) is 2.51. The molecule has 3 rings (SSSR count). The van der Waals surface area contributed by atoms with Gasteiger partial charge < -0.3 is 5.32 Å². The summed E-state index contributed by atoms with van der Waals surface area (Å²) in [4.78, 5) is 7.61. The highest BCUT2D eigenvalue weighted by molar-refractivity contribution is 6.28. The van der Waals surface area contributed by atoms with Gasteiger partial charge in [-0.05, 0) is 44.5 Å². The Bertz CT molecular complexity index is 621. The number of hydrogen-bond acceptors (Lipinski definition) is 4. The Labute approximate surface area is 121 Å². The van der Waals surface area contributed by atoms with E-state index in [4.69, 9.17) is 11.6 Å². The molecule has 0 saturated carbocycles. The Hall–Kier alpha value is -1.53. The van der Waals surface area contributed by atoms with E-state index in [0.717, 1.165) is 37.8 Å². The maximum atomic E-state index is 13.9. The SMILES string of the molecule is Cc1nn(C2CCNCC2)cc1-c1nc(Cl)ncc1F. The zero-order valence-electron chi connectivity index (χ0n) is 11.1. The first kappa shape index (κ1) is 13.5. The number of aryl methyl sites for hydroxylation is 1. The minimum absolute atomic E-state index is 0.0374. The predicted octanol–water partition coefficient (Wildman–Crippen LogP) is 2.37. The van der Waals surface area contributed by atoms with Gasteiger partial charge in [0.15, 0.2) is 5.82 Å². The van der Waals surface area contributed by atoms with Crippen LogP contribution in [0.25, 0.3) is 11.3 Å². The van der Waals surface area contributed by atoms with Crippen LogP contribution in [0.3, 0.4) is 0 Å². The molecule has 106 valence electrons. The lowest BCUT2D eigenvalue weighted by Crippen LogP contribution is -2.29. The van der Waals surface area contributed by atoms with Gasteiger partial charge in [-0.25, -0.2) is 14.4 Å². The molecule has 0 spiro atoms. The van der Waals surface area contributed by atoms with Gasteiger partial charge in [-0.15, -0.1) is 0 Å². The van der Waals surface area contributed by atoms with Crippen LogP contribution in [-0.4, -0.2) is 32.8 Å². The fourth-order valence-corrected chi connectivity index (χ4v) is 2.64. The highest BCUT2D eigenvalue weighted by atomic mass is 35.5. The molecule has 0 amide bonds. The van der Waals surface area contributed by atoms with Gasteiger partial charge in [-0.1, -0.05) is 0 Å². The van der Waals surface area contributed by atoms with Crippen molar-refractivity contribution in [1.82, 2.24) is 25.1 Å². The molecule has 2 aromatic rings. The largest absolute Gasteiger partial charge is 0.317 e. The first-order valence-corrected chi connectivity index (χ1v) is 6.98. The van der Waals surface area contributed by atoms with Crippen LogP contribution in [0.4, 0.5) is 4.39 Å². The molecule has 0 atom stereocenters. The molecule has 7 heteroatoms. The van der Waals surface area contributed by atoms with Crippen molar-refractivity contribution in [1.29, 1.82) is 0 Å². The molecule has 0 aromatic carbocycles. The maximum absolute atomic E-state index is 13.9. The van der Waals surface area contributed by atoms with Gasteiger partial charge in [0.2, 0.25) is 5.28 Å². The van der Waals surface area contributed by atoms with Crippen molar-refractivity contribution < 1.29 is 4.39 Å². The number of aromatic nitrogens is 4. The smallest absolute Gasteiger partial charge is 0.223 e. The third-order valence-corrected chi connectivity index (χ3v) is 3.75. The van der Waals surface area contributed by atoms with E-state index >= 15 is 0 Å². The molecule has 0 aliphatic carbocycles. The van der Waals surface area contributed by atoms with E-state index in [1.165, 1.54) is 0 Å². The lowest BCUT2D eigenvalue weighted by Gasteiger charge is -2.22. The van der Waals surface area contributed by atoms with Crippen LogP contribution in [0.15, 0.2) is 12.4 Å². The monoisotopic (exact) mass is 295 g/mol. The quantitative estimate of drug-likeness (QED) is 0.864. The zero-order chi connectivity index (χ0) is 14.1. The summed E-state index contributed by atoms with van der Waals surface area (Å²) >= 11 is 5.75. The van der Waals surface area contributed by atoms with Crippen molar-refractivity contribution in [2.75, 3.05) is 13.1 Å². The summed E-state index contributed by atoms with van der Waals surface area (Å²) in [5, 5.41) is 7.85. The van der Waals surface area contributed by atoms with Gasteiger partial charge in [0.1, 0.15) is 5.69 Å². The Morgan fingerprint density at radius 2 is 2.15 bits per heavy atom. The van der Waals surface area contributed by atoms with Crippen molar-refractivity contribution in [3.05, 3.63) is 29.2 Å². The molecule has 5 nitrogen and oxygen atoms in total. The Morgan fingerprint density at radius 3 is 2.90 bits per heavy atom. The van der Waals surface area contributed by atoms with Crippen molar-refractivity contribution in [3.8, 4) is 11.3 Å². The van der Waals surface area contributed by atoms with E-state index in [1.54, 1.807) is 0 Å². The minimum atomic E-state index is -0.484. The second-order valence-electron chi connectivity index (χ2n) is 4.92. The first-order valence-electron chi connectivity index (χ1n) is 6.60. The highest BCUT2D eigenvalue weighted by Crippen LogP contribution is 2.27. The number of piperidine rings is 1. The molecule has 2 aromatic heterocycles. The summed E-state index contributed by atoms with van der Waals surface area (Å²) < 4.78 is 15.8. The normalized spacial score (nSPS) is 16.6. The third kappa shape index (κ3) is 2.53. The van der Waals surface area contributed by atoms with Gasteiger partial charge in [0.05, 0.1) is 17.9 Å². The van der Waals surface area contributed by atoms with Gasteiger partial charge in [0.25, 0.3) is 0 Å². The zero-order valence-corrected chi connectivity index (χ0v) is 11.9. The van der Waals surface area contributed by atoms with Crippen LogP contribution in [0, 0.1) is 12.7 Å². The fraction of sp³-hybridized carbons (Fsp3) is 0.462. The standard InChI is InChI=1S/C13H15ClFN5/c1-8-10(12-11(15)6-17-13(14)18-12)7-20(19-8)9-2-4-16-5-3-9/h6-7,9,16H,2-5H2,1H3. The van der Waals surface area contributed by atoms with E-state index in [9.17, 15) is 4.39 Å². The molecule has 1 saturated heterocycles. The van der Waals surface area contributed by atoms with Crippen LogP contribution in [0.1, 0.15) is 24.6 Å². The highest BCUT2D eigenvalue weighted by Gasteiger charge is 2.20. The van der Waals surface area contributed by atoms with Crippen molar-refractivity contribution in [2.24, 2.45) is 0 Å². The average molecular weight is 296 g/mol. The molecule has 1 aliphatic rings. The van der Waals surface area contributed by atoms with E-state index in [2.05, 4.69) is 20.4 Å². The lowest BCUT2D eigenvalue weighted by atomic mass is 10.1. The topological polar surface area (TPSA) is 55.6 Å². The maximum Gasteiger partial charge on any atom is 0.223 e.